The quantitative estimate of drug-likeness (QED) is 0.743. The van der Waals surface area contributed by atoms with Gasteiger partial charge in [0.05, 0.1) is 0 Å². The zero-order valence-electron chi connectivity index (χ0n) is 11.3. The van der Waals surface area contributed by atoms with Crippen LogP contribution < -0.4 is 4.90 Å². The molecule has 0 N–H and O–H groups in total. The van der Waals surface area contributed by atoms with E-state index in [9.17, 15) is 0 Å². The van der Waals surface area contributed by atoms with Crippen molar-refractivity contribution in [3.8, 4) is 0 Å². The Bertz CT molecular complexity index is 478. The summed E-state index contributed by atoms with van der Waals surface area (Å²) in [5.74, 6) is 0. The third-order valence-electron chi connectivity index (χ3n) is 3.25. The molecule has 0 saturated heterocycles. The molecule has 2 heteroatoms. The maximum Gasteiger partial charge on any atom is 0.0407 e. The summed E-state index contributed by atoms with van der Waals surface area (Å²) >= 11 is 5.92. The first-order valence-electron chi connectivity index (χ1n) is 6.75. The van der Waals surface area contributed by atoms with Crippen molar-refractivity contribution in [1.82, 2.24) is 0 Å². The van der Waals surface area contributed by atoms with Gasteiger partial charge in [0.15, 0.2) is 0 Å². The van der Waals surface area contributed by atoms with Crippen LogP contribution in [0.4, 0.5) is 5.69 Å². The van der Waals surface area contributed by atoms with E-state index in [1.165, 1.54) is 11.3 Å². The van der Waals surface area contributed by atoms with E-state index >= 15 is 0 Å². The molecule has 0 aliphatic carbocycles. The molecular weight excluding hydrogens is 254 g/mol. The van der Waals surface area contributed by atoms with E-state index in [4.69, 9.17) is 11.6 Å². The predicted octanol–water partition coefficient (Wildman–Crippen LogP) is 4.60. The molecule has 0 unspecified atom stereocenters. The molecule has 0 aromatic heterocycles. The second-order valence-corrected chi connectivity index (χ2v) is 5.00. The molecule has 0 bridgehead atoms. The van der Waals surface area contributed by atoms with Crippen LogP contribution in [-0.4, -0.2) is 13.1 Å². The van der Waals surface area contributed by atoms with Gasteiger partial charge in [0.25, 0.3) is 0 Å². The minimum absolute atomic E-state index is 0.792. The first kappa shape index (κ1) is 14.0. The number of hydrogen-bond donors (Lipinski definition) is 0. The summed E-state index contributed by atoms with van der Waals surface area (Å²) in [6, 6.07) is 19.4. The van der Waals surface area contributed by atoms with Gasteiger partial charge in [0.1, 0.15) is 0 Å². The highest BCUT2D eigenvalue weighted by Gasteiger charge is 2.03. The minimum atomic E-state index is 0.792. The number of nitrogens with zero attached hydrogens (tertiary/aromatic N) is 1. The number of halogens is 1. The second-order valence-electron chi connectivity index (χ2n) is 4.57. The molecule has 1 radical (unpaired) electrons. The molecule has 0 fully saturated rings. The van der Waals surface area contributed by atoms with Crippen LogP contribution in [0.15, 0.2) is 48.5 Å². The molecule has 0 heterocycles. The Hall–Kier alpha value is -1.47. The predicted molar refractivity (Wildman–Crippen MR) is 82.9 cm³/mol. The molecule has 2 rings (SSSR count). The summed E-state index contributed by atoms with van der Waals surface area (Å²) in [7, 11) is 0. The molecule has 2 aromatic rings. The highest BCUT2D eigenvalue weighted by molar-refractivity contribution is 6.30. The van der Waals surface area contributed by atoms with Crippen LogP contribution in [0, 0.1) is 6.07 Å². The Balaban J connectivity index is 1.87. The van der Waals surface area contributed by atoms with E-state index in [1.54, 1.807) is 0 Å². The zero-order valence-corrected chi connectivity index (χ0v) is 12.0. The van der Waals surface area contributed by atoms with E-state index < -0.39 is 0 Å². The highest BCUT2D eigenvalue weighted by atomic mass is 35.5. The maximum absolute atomic E-state index is 5.92. The van der Waals surface area contributed by atoms with Crippen LogP contribution in [-0.2, 0) is 6.42 Å². The fraction of sp³-hybridized carbons (Fsp3) is 0.294. The average Bonchev–Trinajstić information content (AvgIpc) is 2.46. The van der Waals surface area contributed by atoms with Gasteiger partial charge in [-0.3, -0.25) is 0 Å². The zero-order chi connectivity index (χ0) is 13.5. The molecule has 0 atom stereocenters. The summed E-state index contributed by atoms with van der Waals surface area (Å²) in [4.78, 5) is 2.38. The van der Waals surface area contributed by atoms with E-state index in [1.807, 2.05) is 24.3 Å². The van der Waals surface area contributed by atoms with Crippen molar-refractivity contribution in [3.63, 3.8) is 0 Å². The Labute approximate surface area is 120 Å². The van der Waals surface area contributed by atoms with Crippen molar-refractivity contribution < 1.29 is 0 Å². The molecule has 0 amide bonds. The topological polar surface area (TPSA) is 3.24 Å². The van der Waals surface area contributed by atoms with Crippen molar-refractivity contribution in [3.05, 3.63) is 65.2 Å². The van der Waals surface area contributed by atoms with Crippen LogP contribution in [0.2, 0.25) is 5.02 Å². The first-order valence-corrected chi connectivity index (χ1v) is 7.13. The maximum atomic E-state index is 5.92. The summed E-state index contributed by atoms with van der Waals surface area (Å²) in [6.45, 7) is 4.27. The summed E-state index contributed by atoms with van der Waals surface area (Å²) in [5.41, 5.74) is 2.62. The second kappa shape index (κ2) is 7.20. The lowest BCUT2D eigenvalue weighted by Crippen LogP contribution is -2.24. The van der Waals surface area contributed by atoms with Gasteiger partial charge in [-0.1, -0.05) is 35.9 Å². The summed E-state index contributed by atoms with van der Waals surface area (Å²) in [6.07, 6.45) is 2.26. The monoisotopic (exact) mass is 272 g/mol. The van der Waals surface area contributed by atoms with Gasteiger partial charge in [-0.15, -0.1) is 0 Å². The normalized spacial score (nSPS) is 10.4. The van der Waals surface area contributed by atoms with Crippen molar-refractivity contribution in [2.45, 2.75) is 19.8 Å². The summed E-state index contributed by atoms with van der Waals surface area (Å²) in [5, 5.41) is 0.792. The van der Waals surface area contributed by atoms with Gasteiger partial charge < -0.3 is 4.90 Å². The standard InChI is InChI=1S/C17H19ClN/c1-2-19(17-12-10-16(18)11-13-17)14-6-9-15-7-4-3-5-8-15/h4-5,7-8,10-13H,2,6,9,14H2,1H3. The third kappa shape index (κ3) is 4.29. The van der Waals surface area contributed by atoms with Gasteiger partial charge in [0.2, 0.25) is 0 Å². The average molecular weight is 273 g/mol. The fourth-order valence-corrected chi connectivity index (χ4v) is 2.31. The number of hydrogen-bond acceptors (Lipinski definition) is 1. The van der Waals surface area contributed by atoms with Gasteiger partial charge in [0, 0.05) is 23.8 Å². The van der Waals surface area contributed by atoms with E-state index in [2.05, 4.69) is 42.2 Å². The van der Waals surface area contributed by atoms with Crippen LogP contribution in [0.5, 0.6) is 0 Å². The molecule has 19 heavy (non-hydrogen) atoms. The Morgan fingerprint density at radius 2 is 1.74 bits per heavy atom. The lowest BCUT2D eigenvalue weighted by Gasteiger charge is -2.23. The molecule has 0 spiro atoms. The van der Waals surface area contributed by atoms with Gasteiger partial charge in [-0.05, 0) is 55.7 Å². The van der Waals surface area contributed by atoms with Crippen molar-refractivity contribution in [2.24, 2.45) is 0 Å². The SMILES string of the molecule is CCN(CCCc1cc[c]cc1)c1ccc(Cl)cc1. The number of aryl methyl sites for hydroxylation is 1. The van der Waals surface area contributed by atoms with Crippen molar-refractivity contribution in [1.29, 1.82) is 0 Å². The molecule has 1 nitrogen and oxygen atoms in total. The lowest BCUT2D eigenvalue weighted by atomic mass is 10.1. The van der Waals surface area contributed by atoms with Gasteiger partial charge in [-0.25, -0.2) is 0 Å². The molecule has 0 aliphatic heterocycles. The lowest BCUT2D eigenvalue weighted by molar-refractivity contribution is 0.746. The van der Waals surface area contributed by atoms with E-state index in [0.29, 0.717) is 0 Å². The Morgan fingerprint density at radius 3 is 2.37 bits per heavy atom. The van der Waals surface area contributed by atoms with E-state index in [0.717, 1.165) is 31.0 Å². The minimum Gasteiger partial charge on any atom is -0.372 e. The Kier molecular flexibility index (Phi) is 5.29. The fourth-order valence-electron chi connectivity index (χ4n) is 2.18. The van der Waals surface area contributed by atoms with Gasteiger partial charge >= 0.3 is 0 Å². The van der Waals surface area contributed by atoms with Crippen molar-refractivity contribution in [2.75, 3.05) is 18.0 Å². The number of anilines is 1. The number of benzene rings is 2. The molecule has 0 saturated carbocycles. The smallest absolute Gasteiger partial charge is 0.0407 e. The van der Waals surface area contributed by atoms with Crippen LogP contribution in [0.25, 0.3) is 0 Å². The van der Waals surface area contributed by atoms with Gasteiger partial charge in [-0.2, -0.15) is 0 Å². The van der Waals surface area contributed by atoms with Crippen LogP contribution in [0.1, 0.15) is 18.9 Å². The van der Waals surface area contributed by atoms with Crippen molar-refractivity contribution >= 4 is 17.3 Å². The third-order valence-corrected chi connectivity index (χ3v) is 3.51. The highest BCUT2D eigenvalue weighted by Crippen LogP contribution is 2.18. The molecular formula is C17H19ClN. The molecule has 2 aromatic carbocycles. The number of rotatable bonds is 6. The Morgan fingerprint density at radius 1 is 1.05 bits per heavy atom. The largest absolute Gasteiger partial charge is 0.372 e. The van der Waals surface area contributed by atoms with Crippen LogP contribution in [0.3, 0.4) is 0 Å². The first-order chi connectivity index (χ1) is 9.29. The van der Waals surface area contributed by atoms with Crippen LogP contribution >= 0.6 is 11.6 Å². The summed E-state index contributed by atoms with van der Waals surface area (Å²) < 4.78 is 0. The molecule has 99 valence electrons. The van der Waals surface area contributed by atoms with E-state index in [-0.39, 0.29) is 0 Å². The molecule has 0 aliphatic rings.